The van der Waals surface area contributed by atoms with Gasteiger partial charge in [0.25, 0.3) is 5.91 Å². The molecule has 1 aliphatic heterocycles. The molecular formula is C19H21F4N5O3. The molecule has 2 heterocycles. The van der Waals surface area contributed by atoms with Gasteiger partial charge in [-0.05, 0) is 18.9 Å². The van der Waals surface area contributed by atoms with E-state index in [1.165, 1.54) is 26.3 Å². The van der Waals surface area contributed by atoms with Gasteiger partial charge in [-0.15, -0.1) is 0 Å². The van der Waals surface area contributed by atoms with E-state index in [1.807, 2.05) is 0 Å². The summed E-state index contributed by atoms with van der Waals surface area (Å²) in [4.78, 5) is 21.9. The molecule has 1 aliphatic rings. The van der Waals surface area contributed by atoms with Crippen LogP contribution in [0.25, 0.3) is 0 Å². The molecule has 0 bridgehead atoms. The van der Waals surface area contributed by atoms with Crippen LogP contribution >= 0.6 is 0 Å². The summed E-state index contributed by atoms with van der Waals surface area (Å²) in [6, 6.07) is 2.71. The van der Waals surface area contributed by atoms with Crippen LogP contribution in [0.5, 0.6) is 11.5 Å². The van der Waals surface area contributed by atoms with Crippen LogP contribution in [0, 0.1) is 0 Å². The molecule has 168 valence electrons. The Morgan fingerprint density at radius 1 is 1.23 bits per heavy atom. The second kappa shape index (κ2) is 9.23. The number of amides is 1. The fraction of sp³-hybridized carbons (Fsp3) is 0.421. The zero-order chi connectivity index (χ0) is 22.6. The number of likely N-dealkylation sites (tertiary alicyclic amines) is 1. The number of methoxy groups -OCH3 is 1. The van der Waals surface area contributed by atoms with Crippen molar-refractivity contribution in [2.24, 2.45) is 0 Å². The van der Waals surface area contributed by atoms with Crippen molar-refractivity contribution in [2.75, 3.05) is 44.7 Å². The topological polar surface area (TPSA) is 88.6 Å². The molecule has 0 radical (unpaired) electrons. The van der Waals surface area contributed by atoms with Gasteiger partial charge in [0, 0.05) is 32.4 Å². The molecule has 1 saturated heterocycles. The Hall–Kier alpha value is -3.31. The Labute approximate surface area is 175 Å². The van der Waals surface area contributed by atoms with Crippen molar-refractivity contribution in [3.63, 3.8) is 0 Å². The van der Waals surface area contributed by atoms with Gasteiger partial charge in [0.1, 0.15) is 22.9 Å². The van der Waals surface area contributed by atoms with Crippen LogP contribution in [0.2, 0.25) is 0 Å². The molecule has 12 heteroatoms. The number of benzene rings is 1. The number of rotatable bonds is 7. The highest BCUT2D eigenvalue weighted by Crippen LogP contribution is 2.37. The smallest absolute Gasteiger partial charge is 0.421 e. The van der Waals surface area contributed by atoms with Crippen LogP contribution < -0.4 is 20.1 Å². The Kier molecular flexibility index (Phi) is 6.66. The summed E-state index contributed by atoms with van der Waals surface area (Å²) in [5, 5.41) is 5.06. The highest BCUT2D eigenvalue weighted by molar-refractivity contribution is 5.98. The Morgan fingerprint density at radius 2 is 1.94 bits per heavy atom. The molecule has 3 rings (SSSR count). The second-order valence-corrected chi connectivity index (χ2v) is 6.63. The lowest BCUT2D eigenvalue weighted by atomic mass is 10.1. The molecule has 1 amide bonds. The first-order valence-electron chi connectivity index (χ1n) is 9.37. The van der Waals surface area contributed by atoms with E-state index in [9.17, 15) is 22.4 Å². The Balaban J connectivity index is 1.98. The Morgan fingerprint density at radius 3 is 2.52 bits per heavy atom. The molecule has 0 aliphatic carbocycles. The normalized spacial score (nSPS) is 13.8. The maximum Gasteiger partial charge on any atom is 0.421 e. The van der Waals surface area contributed by atoms with Crippen molar-refractivity contribution in [1.29, 1.82) is 0 Å². The number of alkyl halides is 4. The molecule has 0 atom stereocenters. The summed E-state index contributed by atoms with van der Waals surface area (Å²) in [6.07, 6.45) is -2.24. The van der Waals surface area contributed by atoms with Gasteiger partial charge in [-0.2, -0.15) is 18.2 Å². The molecule has 1 aromatic heterocycles. The van der Waals surface area contributed by atoms with E-state index in [0.717, 1.165) is 12.8 Å². The van der Waals surface area contributed by atoms with Crippen LogP contribution in [0.4, 0.5) is 35.0 Å². The predicted molar refractivity (Wildman–Crippen MR) is 105 cm³/mol. The van der Waals surface area contributed by atoms with Gasteiger partial charge in [0.05, 0.1) is 18.4 Å². The summed E-state index contributed by atoms with van der Waals surface area (Å²) >= 11 is 0. The van der Waals surface area contributed by atoms with Gasteiger partial charge < -0.3 is 25.0 Å². The summed E-state index contributed by atoms with van der Waals surface area (Å²) in [5.74, 6) is -0.771. The first-order valence-corrected chi connectivity index (χ1v) is 9.37. The lowest BCUT2D eigenvalue weighted by molar-refractivity contribution is -0.137. The number of carbonyl (C=O) groups excluding carboxylic acids is 1. The minimum absolute atomic E-state index is 0.0413. The highest BCUT2D eigenvalue weighted by atomic mass is 19.4. The van der Waals surface area contributed by atoms with Gasteiger partial charge in [0.2, 0.25) is 12.8 Å². The van der Waals surface area contributed by atoms with Crippen LogP contribution in [-0.4, -0.2) is 54.9 Å². The summed E-state index contributed by atoms with van der Waals surface area (Å²) in [6.45, 7) is 0.0228. The van der Waals surface area contributed by atoms with Crippen molar-refractivity contribution < 1.29 is 31.8 Å². The van der Waals surface area contributed by atoms with E-state index in [0.29, 0.717) is 19.3 Å². The molecule has 2 aromatic rings. The molecule has 1 aromatic carbocycles. The molecule has 2 N–H and O–H groups in total. The predicted octanol–water partition coefficient (Wildman–Crippen LogP) is 3.83. The van der Waals surface area contributed by atoms with E-state index in [1.54, 1.807) is 4.90 Å². The SMILES string of the molecule is CNc1nc(Nc2cc(OC)c(C(=O)N3CCCC3)cc2OCF)ncc1C(F)(F)F. The minimum Gasteiger partial charge on any atom is -0.496 e. The third kappa shape index (κ3) is 4.89. The molecule has 1 fully saturated rings. The monoisotopic (exact) mass is 443 g/mol. The third-order valence-corrected chi connectivity index (χ3v) is 4.71. The second-order valence-electron chi connectivity index (χ2n) is 6.63. The third-order valence-electron chi connectivity index (χ3n) is 4.71. The fourth-order valence-corrected chi connectivity index (χ4v) is 3.22. The van der Waals surface area contributed by atoms with E-state index >= 15 is 0 Å². The van der Waals surface area contributed by atoms with Crippen LogP contribution in [-0.2, 0) is 6.18 Å². The first-order chi connectivity index (χ1) is 14.8. The van der Waals surface area contributed by atoms with Crippen molar-refractivity contribution >= 4 is 23.4 Å². The summed E-state index contributed by atoms with van der Waals surface area (Å²) in [5.41, 5.74) is -0.734. The quantitative estimate of drug-likeness (QED) is 0.629. The fourth-order valence-electron chi connectivity index (χ4n) is 3.22. The average Bonchev–Trinajstić information content (AvgIpc) is 3.28. The summed E-state index contributed by atoms with van der Waals surface area (Å²) in [7, 11) is 2.66. The number of carbonyl (C=O) groups is 1. The van der Waals surface area contributed by atoms with Crippen molar-refractivity contribution in [3.05, 3.63) is 29.5 Å². The molecule has 31 heavy (non-hydrogen) atoms. The van der Waals surface area contributed by atoms with Gasteiger partial charge in [-0.25, -0.2) is 9.37 Å². The van der Waals surface area contributed by atoms with Crippen LogP contribution in [0.3, 0.4) is 0 Å². The van der Waals surface area contributed by atoms with Crippen molar-refractivity contribution in [2.45, 2.75) is 19.0 Å². The number of halogens is 4. The van der Waals surface area contributed by atoms with E-state index in [-0.39, 0.29) is 34.6 Å². The molecule has 0 spiro atoms. The number of hydrogen-bond donors (Lipinski definition) is 2. The average molecular weight is 443 g/mol. The first kappa shape index (κ1) is 22.4. The number of nitrogens with one attached hydrogen (secondary N) is 2. The molecule has 0 saturated carbocycles. The van der Waals surface area contributed by atoms with E-state index in [4.69, 9.17) is 9.47 Å². The van der Waals surface area contributed by atoms with E-state index < -0.39 is 24.4 Å². The maximum atomic E-state index is 13.1. The number of hydrogen-bond acceptors (Lipinski definition) is 7. The lowest BCUT2D eigenvalue weighted by Crippen LogP contribution is -2.28. The maximum absolute atomic E-state index is 13.1. The highest BCUT2D eigenvalue weighted by Gasteiger charge is 2.35. The number of nitrogens with zero attached hydrogens (tertiary/aromatic N) is 3. The molecule has 0 unspecified atom stereocenters. The number of anilines is 3. The van der Waals surface area contributed by atoms with Gasteiger partial charge in [0.15, 0.2) is 0 Å². The largest absolute Gasteiger partial charge is 0.496 e. The molecular weight excluding hydrogens is 422 g/mol. The van der Waals surface area contributed by atoms with Crippen molar-refractivity contribution in [3.8, 4) is 11.5 Å². The number of ether oxygens (including phenoxy) is 2. The minimum atomic E-state index is -4.64. The van der Waals surface area contributed by atoms with E-state index in [2.05, 4.69) is 20.6 Å². The zero-order valence-electron chi connectivity index (χ0n) is 16.8. The lowest BCUT2D eigenvalue weighted by Gasteiger charge is -2.20. The van der Waals surface area contributed by atoms with Gasteiger partial charge >= 0.3 is 6.18 Å². The van der Waals surface area contributed by atoms with Gasteiger partial charge in [-0.3, -0.25) is 4.79 Å². The molecule has 8 nitrogen and oxygen atoms in total. The summed E-state index contributed by atoms with van der Waals surface area (Å²) < 4.78 is 62.4. The van der Waals surface area contributed by atoms with Crippen molar-refractivity contribution in [1.82, 2.24) is 14.9 Å². The zero-order valence-corrected chi connectivity index (χ0v) is 16.8. The van der Waals surface area contributed by atoms with Crippen LogP contribution in [0.1, 0.15) is 28.8 Å². The van der Waals surface area contributed by atoms with Gasteiger partial charge in [-0.1, -0.05) is 0 Å². The standard InChI is InChI=1S/C19H21F4N5O3/c1-24-16-12(19(21,22)23)9-25-18(27-16)26-13-8-14(30-2)11(7-15(13)31-10-20)17(29)28-5-3-4-6-28/h7-9H,3-6,10H2,1-2H3,(H2,24,25,26,27). The number of aromatic nitrogens is 2. The Bertz CT molecular complexity index is 949. The van der Waals surface area contributed by atoms with Crippen LogP contribution in [0.15, 0.2) is 18.3 Å².